The van der Waals surface area contributed by atoms with E-state index in [0.29, 0.717) is 24.4 Å². The maximum atomic E-state index is 13.3. The lowest BCUT2D eigenvalue weighted by molar-refractivity contribution is -0.114. The fraction of sp³-hybridized carbons (Fsp3) is 0.0909. The second-order valence-corrected chi connectivity index (χ2v) is 6.86. The molecule has 0 radical (unpaired) electrons. The molecule has 2 N–H and O–H groups in total. The molecule has 0 bridgehead atoms. The van der Waals surface area contributed by atoms with Crippen LogP contribution in [0.2, 0.25) is 0 Å². The van der Waals surface area contributed by atoms with Crippen LogP contribution < -0.4 is 10.9 Å². The van der Waals surface area contributed by atoms with Crippen LogP contribution in [0.3, 0.4) is 0 Å². The number of hydrogen-bond acceptors (Lipinski definition) is 5. The van der Waals surface area contributed by atoms with E-state index in [1.165, 1.54) is 12.1 Å². The zero-order chi connectivity index (χ0) is 19.8. The first-order chi connectivity index (χ1) is 14.2. The van der Waals surface area contributed by atoms with Crippen molar-refractivity contribution in [3.8, 4) is 0 Å². The van der Waals surface area contributed by atoms with Crippen LogP contribution in [0.4, 0.5) is 15.8 Å². The molecule has 2 aliphatic heterocycles. The molecular formula is C22H16FN5O. The average Bonchev–Trinajstić information content (AvgIpc) is 3.34. The highest BCUT2D eigenvalue weighted by Crippen LogP contribution is 2.34. The zero-order valence-corrected chi connectivity index (χ0v) is 15.3. The van der Waals surface area contributed by atoms with Gasteiger partial charge in [-0.15, -0.1) is 0 Å². The first kappa shape index (κ1) is 17.2. The molecule has 3 aromatic rings. The lowest BCUT2D eigenvalue weighted by atomic mass is 9.97. The maximum absolute atomic E-state index is 13.3. The first-order valence-corrected chi connectivity index (χ1v) is 9.18. The third kappa shape index (κ3) is 3.27. The molecule has 29 heavy (non-hydrogen) atoms. The number of benzene rings is 2. The number of nitrogens with zero attached hydrogens (tertiary/aromatic N) is 3. The molecule has 142 valence electrons. The summed E-state index contributed by atoms with van der Waals surface area (Å²) in [5.41, 5.74) is 12.1. The van der Waals surface area contributed by atoms with Gasteiger partial charge in [-0.1, -0.05) is 12.1 Å². The molecule has 1 amide bonds. The van der Waals surface area contributed by atoms with Crippen LogP contribution in [-0.4, -0.2) is 22.3 Å². The predicted molar refractivity (Wildman–Crippen MR) is 109 cm³/mol. The van der Waals surface area contributed by atoms with Gasteiger partial charge in [-0.2, -0.15) is 0 Å². The molecule has 5 rings (SSSR count). The van der Waals surface area contributed by atoms with Crippen LogP contribution in [-0.2, 0) is 17.8 Å². The van der Waals surface area contributed by atoms with E-state index >= 15 is 0 Å². The maximum Gasteiger partial charge on any atom is 0.284 e. The minimum Gasteiger partial charge on any atom is -0.298 e. The molecule has 1 aromatic heterocycles. The number of aliphatic imine (C=N–C) groups is 2. The Morgan fingerprint density at radius 1 is 1.03 bits per heavy atom. The monoisotopic (exact) mass is 385 g/mol. The molecular weight excluding hydrogens is 369 g/mol. The van der Waals surface area contributed by atoms with Gasteiger partial charge in [0.15, 0.2) is 0 Å². The Bertz CT molecular complexity index is 1190. The van der Waals surface area contributed by atoms with E-state index in [2.05, 4.69) is 31.9 Å². The number of rotatable bonds is 4. The second-order valence-electron chi connectivity index (χ2n) is 6.86. The normalized spacial score (nSPS) is 14.0. The zero-order valence-electron chi connectivity index (χ0n) is 15.3. The molecule has 3 heterocycles. The molecule has 7 heteroatoms. The van der Waals surface area contributed by atoms with Crippen molar-refractivity contribution in [1.82, 2.24) is 10.4 Å². The van der Waals surface area contributed by atoms with Gasteiger partial charge in [0, 0.05) is 29.9 Å². The Balaban J connectivity index is 1.35. The standard InChI is InChI=1S/C22H16FN5O/c23-16-2-1-3-17(10-16)27-28-22(29)20-9-14-8-15-12-25-21(13-4-6-24-7-5-13)18(15)11-19(14)26-20/h1-8,10-11,27H,9,12H2,(H,28,29). The van der Waals surface area contributed by atoms with Gasteiger partial charge >= 0.3 is 0 Å². The van der Waals surface area contributed by atoms with Crippen molar-refractivity contribution in [3.63, 3.8) is 0 Å². The summed E-state index contributed by atoms with van der Waals surface area (Å²) in [5, 5.41) is 0. The van der Waals surface area contributed by atoms with Crippen LogP contribution >= 0.6 is 0 Å². The van der Waals surface area contributed by atoms with E-state index in [4.69, 9.17) is 0 Å². The number of aromatic nitrogens is 1. The van der Waals surface area contributed by atoms with Gasteiger partial charge in [0.1, 0.15) is 11.5 Å². The molecule has 0 fully saturated rings. The number of carbonyl (C=O) groups is 1. The highest BCUT2D eigenvalue weighted by atomic mass is 19.1. The summed E-state index contributed by atoms with van der Waals surface area (Å²) in [5.74, 6) is -0.718. The fourth-order valence-corrected chi connectivity index (χ4v) is 3.55. The predicted octanol–water partition coefficient (Wildman–Crippen LogP) is 3.34. The second kappa shape index (κ2) is 6.94. The molecule has 0 unspecified atom stereocenters. The average molecular weight is 385 g/mol. The van der Waals surface area contributed by atoms with Crippen LogP contribution in [0.25, 0.3) is 0 Å². The molecule has 0 atom stereocenters. The van der Waals surface area contributed by atoms with Gasteiger partial charge in [0.05, 0.1) is 23.6 Å². The topological polar surface area (TPSA) is 78.7 Å². The summed E-state index contributed by atoms with van der Waals surface area (Å²) >= 11 is 0. The van der Waals surface area contributed by atoms with Crippen molar-refractivity contribution >= 4 is 28.7 Å². The van der Waals surface area contributed by atoms with Crippen molar-refractivity contribution < 1.29 is 9.18 Å². The third-order valence-electron chi connectivity index (χ3n) is 4.94. The minimum absolute atomic E-state index is 0.339. The van der Waals surface area contributed by atoms with Crippen molar-refractivity contribution in [2.45, 2.75) is 13.0 Å². The number of hydrogen-bond donors (Lipinski definition) is 2. The smallest absolute Gasteiger partial charge is 0.284 e. The van der Waals surface area contributed by atoms with Crippen LogP contribution in [0, 0.1) is 5.82 Å². The van der Waals surface area contributed by atoms with Crippen molar-refractivity contribution in [2.24, 2.45) is 9.98 Å². The van der Waals surface area contributed by atoms with E-state index in [9.17, 15) is 9.18 Å². The number of fused-ring (bicyclic) bond motifs is 2. The fourth-order valence-electron chi connectivity index (χ4n) is 3.55. The third-order valence-corrected chi connectivity index (χ3v) is 4.94. The molecule has 2 aliphatic rings. The van der Waals surface area contributed by atoms with Crippen LogP contribution in [0.5, 0.6) is 0 Å². The van der Waals surface area contributed by atoms with Gasteiger partial charge < -0.3 is 0 Å². The van der Waals surface area contributed by atoms with E-state index in [-0.39, 0.29) is 11.7 Å². The number of halogens is 1. The van der Waals surface area contributed by atoms with Gasteiger partial charge in [-0.25, -0.2) is 9.38 Å². The van der Waals surface area contributed by atoms with E-state index in [1.54, 1.807) is 24.5 Å². The summed E-state index contributed by atoms with van der Waals surface area (Å²) in [7, 11) is 0. The number of anilines is 1. The summed E-state index contributed by atoms with van der Waals surface area (Å²) < 4.78 is 13.3. The molecule has 0 saturated carbocycles. The quantitative estimate of drug-likeness (QED) is 0.676. The Morgan fingerprint density at radius 2 is 1.90 bits per heavy atom. The number of carbonyl (C=O) groups excluding carboxylic acids is 1. The molecule has 0 aliphatic carbocycles. The number of nitrogens with one attached hydrogen (secondary N) is 2. The summed E-state index contributed by atoms with van der Waals surface area (Å²) in [6, 6.07) is 13.8. The lowest BCUT2D eigenvalue weighted by Crippen LogP contribution is -2.35. The summed E-state index contributed by atoms with van der Waals surface area (Å²) in [4.78, 5) is 25.7. The Labute approximate surface area is 166 Å². The molecule has 0 saturated heterocycles. The molecule has 2 aromatic carbocycles. The Hall–Kier alpha value is -3.87. The van der Waals surface area contributed by atoms with Gasteiger partial charge in [0.2, 0.25) is 0 Å². The van der Waals surface area contributed by atoms with Crippen LogP contribution in [0.1, 0.15) is 22.3 Å². The van der Waals surface area contributed by atoms with Gasteiger partial charge in [0.25, 0.3) is 5.91 Å². The molecule has 0 spiro atoms. The van der Waals surface area contributed by atoms with Crippen molar-refractivity contribution in [1.29, 1.82) is 0 Å². The SMILES string of the molecule is O=C(NNc1cccc(F)c1)C1=Nc2cc3c(cc2C1)CN=C3c1ccncc1. The number of hydrazine groups is 1. The van der Waals surface area contributed by atoms with E-state index < -0.39 is 0 Å². The highest BCUT2D eigenvalue weighted by molar-refractivity contribution is 6.41. The highest BCUT2D eigenvalue weighted by Gasteiger charge is 2.25. The first-order valence-electron chi connectivity index (χ1n) is 9.18. The van der Waals surface area contributed by atoms with E-state index in [1.807, 2.05) is 18.2 Å². The Kier molecular flexibility index (Phi) is 4.13. The number of amides is 1. The van der Waals surface area contributed by atoms with Crippen LogP contribution in [0.15, 0.2) is 70.9 Å². The minimum atomic E-state index is -0.379. The number of pyridine rings is 1. The van der Waals surface area contributed by atoms with Gasteiger partial charge in [-0.3, -0.25) is 25.6 Å². The summed E-state index contributed by atoms with van der Waals surface area (Å²) in [6.45, 7) is 0.614. The summed E-state index contributed by atoms with van der Waals surface area (Å²) in [6.07, 6.45) is 3.94. The van der Waals surface area contributed by atoms with Gasteiger partial charge in [-0.05, 0) is 47.5 Å². The Morgan fingerprint density at radius 3 is 2.72 bits per heavy atom. The lowest BCUT2D eigenvalue weighted by Gasteiger charge is -2.08. The van der Waals surface area contributed by atoms with E-state index in [0.717, 1.165) is 33.7 Å². The van der Waals surface area contributed by atoms with Crippen molar-refractivity contribution in [3.05, 3.63) is 89.0 Å². The molecule has 6 nitrogen and oxygen atoms in total. The largest absolute Gasteiger partial charge is 0.298 e. The van der Waals surface area contributed by atoms with Crippen molar-refractivity contribution in [2.75, 3.05) is 5.43 Å².